The average molecular weight is 323 g/mol. The number of aliphatic carboxylic acids is 1. The Morgan fingerprint density at radius 2 is 2.05 bits per heavy atom. The first-order valence-electron chi connectivity index (χ1n) is 6.21. The highest BCUT2D eigenvalue weighted by atomic mass is 32.2. The topological polar surface area (TPSA) is 120 Å². The molecule has 22 heavy (non-hydrogen) atoms. The van der Waals surface area contributed by atoms with Crippen molar-refractivity contribution in [2.24, 2.45) is 10.9 Å². The number of aliphatic imine (C=N–C) groups is 1. The first kappa shape index (κ1) is 16.0. The van der Waals surface area contributed by atoms with Crippen LogP contribution in [0.4, 0.5) is 9.59 Å². The van der Waals surface area contributed by atoms with E-state index in [-0.39, 0.29) is 5.71 Å². The number of carboxylic acids is 1. The molecule has 2 atom stereocenters. The first-order valence-corrected chi connectivity index (χ1v) is 7.44. The Morgan fingerprint density at radius 1 is 1.36 bits per heavy atom. The van der Waals surface area contributed by atoms with Crippen LogP contribution < -0.4 is 0 Å². The van der Waals surface area contributed by atoms with E-state index in [0.717, 1.165) is 0 Å². The van der Waals surface area contributed by atoms with E-state index >= 15 is 0 Å². The highest BCUT2D eigenvalue weighted by Gasteiger charge is 2.46. The molecule has 0 bridgehead atoms. The summed E-state index contributed by atoms with van der Waals surface area (Å²) in [7, 11) is 0. The molecule has 116 valence electrons. The first-order chi connectivity index (χ1) is 10.4. The minimum Gasteiger partial charge on any atom is -0.481 e. The number of hydrogen-bond acceptors (Lipinski definition) is 5. The number of nitrogens with zero attached hydrogens (tertiary/aromatic N) is 3. The fraction of sp³-hybridized carbons (Fsp3) is 0.308. The van der Waals surface area contributed by atoms with Crippen LogP contribution >= 0.6 is 11.8 Å². The number of amides is 3. The van der Waals surface area contributed by atoms with Gasteiger partial charge in [-0.15, -0.1) is 11.8 Å². The van der Waals surface area contributed by atoms with Gasteiger partial charge in [-0.3, -0.25) is 4.79 Å². The van der Waals surface area contributed by atoms with Gasteiger partial charge in [-0.05, 0) is 19.2 Å². The van der Waals surface area contributed by atoms with E-state index in [4.69, 9.17) is 0 Å². The number of carbonyl (C=O) groups is 3. The lowest BCUT2D eigenvalue weighted by Crippen LogP contribution is -2.49. The second-order valence-electron chi connectivity index (χ2n) is 4.55. The number of imide groups is 1. The predicted octanol–water partition coefficient (Wildman–Crippen LogP) is 2.12. The van der Waals surface area contributed by atoms with Crippen LogP contribution in [0.1, 0.15) is 18.5 Å². The van der Waals surface area contributed by atoms with E-state index in [9.17, 15) is 24.6 Å². The lowest BCUT2D eigenvalue weighted by molar-refractivity contribution is -0.141. The molecule has 0 fully saturated rings. The molecule has 2 unspecified atom stereocenters. The molecule has 2 rings (SSSR count). The summed E-state index contributed by atoms with van der Waals surface area (Å²) in [5, 5.41) is 19.2. The van der Waals surface area contributed by atoms with Crippen LogP contribution in [-0.4, -0.2) is 50.2 Å². The van der Waals surface area contributed by atoms with Gasteiger partial charge in [0.2, 0.25) is 0 Å². The third kappa shape index (κ3) is 2.67. The van der Waals surface area contributed by atoms with Crippen LogP contribution in [-0.2, 0) is 4.79 Å². The van der Waals surface area contributed by atoms with Gasteiger partial charge in [0.1, 0.15) is 10.9 Å². The zero-order chi connectivity index (χ0) is 16.4. The van der Waals surface area contributed by atoms with E-state index in [1.807, 2.05) is 0 Å². The molecule has 9 heteroatoms. The molecule has 0 spiro atoms. The molecule has 1 aromatic heterocycles. The number of urea groups is 1. The largest absolute Gasteiger partial charge is 0.481 e. The SMILES string of the molecule is CSc1ncccc1C1C(C(=O)O)C(C)=NC(=O)N1C(=O)O. The molecular formula is C13H13N3O5S. The van der Waals surface area contributed by atoms with Crippen LogP contribution in [0.3, 0.4) is 0 Å². The van der Waals surface area contributed by atoms with Gasteiger partial charge in [-0.25, -0.2) is 24.5 Å². The molecule has 0 saturated heterocycles. The molecule has 0 aromatic carbocycles. The maximum atomic E-state index is 11.9. The Bertz CT molecular complexity index is 675. The summed E-state index contributed by atoms with van der Waals surface area (Å²) >= 11 is 1.24. The van der Waals surface area contributed by atoms with Crippen molar-refractivity contribution in [2.45, 2.75) is 18.0 Å². The Balaban J connectivity index is 2.68. The Kier molecular flexibility index (Phi) is 4.45. The van der Waals surface area contributed by atoms with Gasteiger partial charge in [0, 0.05) is 17.5 Å². The Morgan fingerprint density at radius 3 is 2.59 bits per heavy atom. The maximum Gasteiger partial charge on any atom is 0.416 e. The van der Waals surface area contributed by atoms with E-state index in [1.54, 1.807) is 18.4 Å². The fourth-order valence-electron chi connectivity index (χ4n) is 2.40. The summed E-state index contributed by atoms with van der Waals surface area (Å²) in [6.45, 7) is 1.40. The molecular weight excluding hydrogens is 310 g/mol. The maximum absolute atomic E-state index is 11.9. The number of carbonyl (C=O) groups excluding carboxylic acids is 1. The highest BCUT2D eigenvalue weighted by Crippen LogP contribution is 2.37. The van der Waals surface area contributed by atoms with Crippen LogP contribution in [0.5, 0.6) is 0 Å². The standard InChI is InChI=1S/C13H13N3O5S/c1-6-8(11(17)18)9(16(13(20)21)12(19)15-6)7-4-3-5-14-10(7)22-2/h3-5,8-9H,1-2H3,(H,17,18)(H,20,21). The zero-order valence-electron chi connectivity index (χ0n) is 11.8. The second-order valence-corrected chi connectivity index (χ2v) is 5.35. The Hall–Kier alpha value is -2.42. The monoisotopic (exact) mass is 323 g/mol. The minimum absolute atomic E-state index is 0.0657. The number of carboxylic acid groups (broad SMARTS) is 2. The average Bonchev–Trinajstić information content (AvgIpc) is 2.45. The van der Waals surface area contributed by atoms with E-state index < -0.39 is 30.1 Å². The number of hydrogen-bond donors (Lipinski definition) is 2. The van der Waals surface area contributed by atoms with Crippen molar-refractivity contribution in [3.8, 4) is 0 Å². The van der Waals surface area contributed by atoms with E-state index in [2.05, 4.69) is 9.98 Å². The van der Waals surface area contributed by atoms with Crippen molar-refractivity contribution >= 4 is 35.6 Å². The fourth-order valence-corrected chi connectivity index (χ4v) is 2.99. The Labute approximate surface area is 129 Å². The van der Waals surface area contributed by atoms with Gasteiger partial charge < -0.3 is 10.2 Å². The lowest BCUT2D eigenvalue weighted by atomic mass is 9.88. The van der Waals surface area contributed by atoms with Crippen molar-refractivity contribution in [3.63, 3.8) is 0 Å². The van der Waals surface area contributed by atoms with Gasteiger partial charge in [0.15, 0.2) is 0 Å². The smallest absolute Gasteiger partial charge is 0.416 e. The van der Waals surface area contributed by atoms with Crippen LogP contribution in [0.15, 0.2) is 28.3 Å². The summed E-state index contributed by atoms with van der Waals surface area (Å²) in [5.41, 5.74) is 0.434. The third-order valence-corrected chi connectivity index (χ3v) is 4.03. The summed E-state index contributed by atoms with van der Waals surface area (Å²) in [4.78, 5) is 43.0. The molecule has 8 nitrogen and oxygen atoms in total. The molecule has 1 aliphatic rings. The summed E-state index contributed by atoms with van der Waals surface area (Å²) in [6.07, 6.45) is 1.70. The molecule has 1 aliphatic heterocycles. The van der Waals surface area contributed by atoms with Crippen LogP contribution in [0, 0.1) is 5.92 Å². The second kappa shape index (κ2) is 6.14. The number of thioether (sulfide) groups is 1. The molecule has 2 heterocycles. The number of aromatic nitrogens is 1. The molecule has 3 amide bonds. The predicted molar refractivity (Wildman–Crippen MR) is 78.3 cm³/mol. The van der Waals surface area contributed by atoms with Gasteiger partial charge in [-0.1, -0.05) is 6.07 Å². The quantitative estimate of drug-likeness (QED) is 0.817. The van der Waals surface area contributed by atoms with Crippen molar-refractivity contribution in [3.05, 3.63) is 23.9 Å². The number of rotatable bonds is 3. The lowest BCUT2D eigenvalue weighted by Gasteiger charge is -2.35. The van der Waals surface area contributed by atoms with Crippen molar-refractivity contribution in [2.75, 3.05) is 6.26 Å². The molecule has 0 aliphatic carbocycles. The van der Waals surface area contributed by atoms with Gasteiger partial charge in [0.25, 0.3) is 0 Å². The van der Waals surface area contributed by atoms with Crippen molar-refractivity contribution in [1.29, 1.82) is 0 Å². The van der Waals surface area contributed by atoms with Gasteiger partial charge in [0.05, 0.1) is 6.04 Å². The van der Waals surface area contributed by atoms with E-state index in [0.29, 0.717) is 15.5 Å². The molecule has 2 N–H and O–H groups in total. The summed E-state index contributed by atoms with van der Waals surface area (Å²) < 4.78 is 0. The van der Waals surface area contributed by atoms with Crippen molar-refractivity contribution < 1.29 is 24.6 Å². The molecule has 0 radical (unpaired) electrons. The molecule has 0 saturated carbocycles. The normalized spacial score (nSPS) is 21.5. The highest BCUT2D eigenvalue weighted by molar-refractivity contribution is 7.98. The third-order valence-electron chi connectivity index (χ3n) is 3.31. The summed E-state index contributed by atoms with van der Waals surface area (Å²) in [6, 6.07) is 0.945. The van der Waals surface area contributed by atoms with Crippen molar-refractivity contribution in [1.82, 2.24) is 9.88 Å². The zero-order valence-corrected chi connectivity index (χ0v) is 12.6. The minimum atomic E-state index is -1.55. The van der Waals surface area contributed by atoms with Gasteiger partial charge >= 0.3 is 18.1 Å². The van der Waals surface area contributed by atoms with Gasteiger partial charge in [-0.2, -0.15) is 0 Å². The summed E-state index contributed by atoms with van der Waals surface area (Å²) in [5.74, 6) is -2.50. The number of pyridine rings is 1. The van der Waals surface area contributed by atoms with E-state index in [1.165, 1.54) is 24.9 Å². The van der Waals surface area contributed by atoms with Crippen LogP contribution in [0.25, 0.3) is 0 Å². The molecule has 1 aromatic rings. The van der Waals surface area contributed by atoms with Crippen LogP contribution in [0.2, 0.25) is 0 Å².